The number of benzene rings is 1. The number of ether oxygens (including phenoxy) is 2. The van der Waals surface area contributed by atoms with Gasteiger partial charge in [-0.25, -0.2) is 4.98 Å². The minimum absolute atomic E-state index is 0.687. The lowest BCUT2D eigenvalue weighted by molar-refractivity contribution is 0.394. The van der Waals surface area contributed by atoms with E-state index in [0.717, 1.165) is 17.1 Å². The Hall–Kier alpha value is -1.97. The molecule has 0 bridgehead atoms. The van der Waals surface area contributed by atoms with Gasteiger partial charge in [0, 0.05) is 11.6 Å². The molecule has 1 aromatic carbocycles. The van der Waals surface area contributed by atoms with Crippen LogP contribution in [-0.4, -0.2) is 19.2 Å². The molecule has 0 N–H and O–H groups in total. The van der Waals surface area contributed by atoms with E-state index in [1.54, 1.807) is 26.5 Å². The molecule has 78 valence electrons. The van der Waals surface area contributed by atoms with Crippen LogP contribution in [0.15, 0.2) is 35.2 Å². The Labute approximate surface area is 87.5 Å². The van der Waals surface area contributed by atoms with E-state index in [0.29, 0.717) is 5.76 Å². The first-order chi connectivity index (χ1) is 7.33. The number of rotatable bonds is 3. The Kier molecular flexibility index (Phi) is 2.58. The Bertz CT molecular complexity index is 415. The molecule has 0 saturated heterocycles. The molecule has 0 atom stereocenters. The first kappa shape index (κ1) is 9.58. The van der Waals surface area contributed by atoms with E-state index in [9.17, 15) is 0 Å². The van der Waals surface area contributed by atoms with Crippen LogP contribution in [0, 0.1) is 0 Å². The number of aromatic nitrogens is 1. The quantitative estimate of drug-likeness (QED) is 0.771. The van der Waals surface area contributed by atoms with Crippen LogP contribution in [0.1, 0.15) is 0 Å². The van der Waals surface area contributed by atoms with Gasteiger partial charge in [-0.1, -0.05) is 0 Å². The molecule has 0 saturated carbocycles. The third-order valence-electron chi connectivity index (χ3n) is 2.07. The van der Waals surface area contributed by atoms with Gasteiger partial charge in [-0.2, -0.15) is 0 Å². The van der Waals surface area contributed by atoms with Crippen LogP contribution in [0.5, 0.6) is 11.5 Å². The summed E-state index contributed by atoms with van der Waals surface area (Å²) in [7, 11) is 3.22. The molecule has 0 radical (unpaired) electrons. The normalized spacial score (nSPS) is 10.0. The largest absolute Gasteiger partial charge is 0.497 e. The molecule has 4 heteroatoms. The van der Waals surface area contributed by atoms with E-state index < -0.39 is 0 Å². The van der Waals surface area contributed by atoms with Crippen LogP contribution < -0.4 is 9.47 Å². The summed E-state index contributed by atoms with van der Waals surface area (Å²) < 4.78 is 15.5. The minimum atomic E-state index is 0.687. The fraction of sp³-hybridized carbons (Fsp3) is 0.182. The van der Waals surface area contributed by atoms with Crippen LogP contribution in [-0.2, 0) is 0 Å². The number of methoxy groups -OCH3 is 2. The number of hydrogen-bond donors (Lipinski definition) is 0. The van der Waals surface area contributed by atoms with Gasteiger partial charge in [-0.15, -0.1) is 0 Å². The van der Waals surface area contributed by atoms with Gasteiger partial charge in [0.2, 0.25) is 0 Å². The van der Waals surface area contributed by atoms with Gasteiger partial charge in [-0.05, 0) is 12.1 Å². The highest BCUT2D eigenvalue weighted by atomic mass is 16.5. The molecule has 0 spiro atoms. The zero-order chi connectivity index (χ0) is 10.7. The third-order valence-corrected chi connectivity index (χ3v) is 2.07. The van der Waals surface area contributed by atoms with E-state index in [1.807, 2.05) is 12.1 Å². The molecule has 2 aromatic rings. The van der Waals surface area contributed by atoms with E-state index in [2.05, 4.69) is 4.98 Å². The number of nitrogens with zero attached hydrogens (tertiary/aromatic N) is 1. The summed E-state index contributed by atoms with van der Waals surface area (Å²) in [6, 6.07) is 5.53. The van der Waals surface area contributed by atoms with Crippen molar-refractivity contribution in [3.05, 3.63) is 30.8 Å². The Morgan fingerprint density at radius 2 is 1.73 bits per heavy atom. The molecule has 0 fully saturated rings. The number of hydrogen-bond acceptors (Lipinski definition) is 4. The molecule has 15 heavy (non-hydrogen) atoms. The maximum atomic E-state index is 5.20. The zero-order valence-corrected chi connectivity index (χ0v) is 8.56. The average Bonchev–Trinajstić information content (AvgIpc) is 2.81. The number of oxazole rings is 1. The minimum Gasteiger partial charge on any atom is -0.497 e. The van der Waals surface area contributed by atoms with Crippen molar-refractivity contribution in [2.45, 2.75) is 0 Å². The molecule has 1 heterocycles. The van der Waals surface area contributed by atoms with Crippen LogP contribution in [0.3, 0.4) is 0 Å². The van der Waals surface area contributed by atoms with Gasteiger partial charge in [0.15, 0.2) is 12.2 Å². The van der Waals surface area contributed by atoms with Crippen LogP contribution in [0.25, 0.3) is 11.3 Å². The van der Waals surface area contributed by atoms with Gasteiger partial charge in [-0.3, -0.25) is 0 Å². The molecule has 2 rings (SSSR count). The zero-order valence-electron chi connectivity index (χ0n) is 8.56. The van der Waals surface area contributed by atoms with Crippen LogP contribution in [0.4, 0.5) is 0 Å². The summed E-state index contributed by atoms with van der Waals surface area (Å²) in [4.78, 5) is 3.86. The van der Waals surface area contributed by atoms with Gasteiger partial charge in [0.25, 0.3) is 0 Å². The molecule has 0 aliphatic rings. The van der Waals surface area contributed by atoms with Crippen molar-refractivity contribution in [3.63, 3.8) is 0 Å². The van der Waals surface area contributed by atoms with Gasteiger partial charge in [0.05, 0.1) is 20.4 Å². The summed E-state index contributed by atoms with van der Waals surface area (Å²) in [5.74, 6) is 2.13. The maximum absolute atomic E-state index is 5.20. The van der Waals surface area contributed by atoms with Crippen molar-refractivity contribution in [2.24, 2.45) is 0 Å². The topological polar surface area (TPSA) is 44.5 Å². The highest BCUT2D eigenvalue weighted by Gasteiger charge is 2.06. The van der Waals surface area contributed by atoms with Gasteiger partial charge in [0.1, 0.15) is 11.5 Å². The van der Waals surface area contributed by atoms with Crippen molar-refractivity contribution >= 4 is 0 Å². The third kappa shape index (κ3) is 1.93. The molecule has 0 unspecified atom stereocenters. The summed E-state index contributed by atoms with van der Waals surface area (Å²) in [5, 5.41) is 0. The van der Waals surface area contributed by atoms with Crippen molar-refractivity contribution in [1.82, 2.24) is 4.98 Å². The van der Waals surface area contributed by atoms with E-state index in [1.165, 1.54) is 6.39 Å². The second-order valence-electron chi connectivity index (χ2n) is 2.97. The molecular formula is C11H11NO3. The standard InChI is InChI=1S/C11H11NO3/c1-13-9-3-8(4-10(5-9)14-2)11-6-12-7-15-11/h3-7H,1-2H3. The van der Waals surface area contributed by atoms with Crippen molar-refractivity contribution < 1.29 is 13.9 Å². The molecule has 4 nitrogen and oxygen atoms in total. The lowest BCUT2D eigenvalue weighted by atomic mass is 10.1. The second kappa shape index (κ2) is 4.04. The predicted molar refractivity (Wildman–Crippen MR) is 55.0 cm³/mol. The van der Waals surface area contributed by atoms with Crippen molar-refractivity contribution in [1.29, 1.82) is 0 Å². The summed E-state index contributed by atoms with van der Waals surface area (Å²) in [5.41, 5.74) is 0.878. The lowest BCUT2D eigenvalue weighted by Crippen LogP contribution is -1.88. The molecule has 1 aromatic heterocycles. The highest BCUT2D eigenvalue weighted by molar-refractivity contribution is 5.61. The average molecular weight is 205 g/mol. The summed E-state index contributed by atoms with van der Waals surface area (Å²) in [6.45, 7) is 0. The van der Waals surface area contributed by atoms with E-state index >= 15 is 0 Å². The maximum Gasteiger partial charge on any atom is 0.181 e. The monoisotopic (exact) mass is 205 g/mol. The highest BCUT2D eigenvalue weighted by Crippen LogP contribution is 2.29. The Morgan fingerprint density at radius 3 is 2.20 bits per heavy atom. The van der Waals surface area contributed by atoms with Crippen LogP contribution in [0.2, 0.25) is 0 Å². The second-order valence-corrected chi connectivity index (χ2v) is 2.97. The fourth-order valence-electron chi connectivity index (χ4n) is 1.31. The van der Waals surface area contributed by atoms with Crippen LogP contribution >= 0.6 is 0 Å². The molecule has 0 amide bonds. The first-order valence-corrected chi connectivity index (χ1v) is 4.45. The summed E-state index contributed by atoms with van der Waals surface area (Å²) >= 11 is 0. The molecule has 0 aliphatic heterocycles. The van der Waals surface area contributed by atoms with E-state index in [4.69, 9.17) is 13.9 Å². The summed E-state index contributed by atoms with van der Waals surface area (Å²) in [6.07, 6.45) is 3.04. The molecular weight excluding hydrogens is 194 g/mol. The Balaban J connectivity index is 2.47. The molecule has 0 aliphatic carbocycles. The Morgan fingerprint density at radius 1 is 1.07 bits per heavy atom. The fourth-order valence-corrected chi connectivity index (χ4v) is 1.31. The van der Waals surface area contributed by atoms with E-state index in [-0.39, 0.29) is 0 Å². The van der Waals surface area contributed by atoms with Crippen molar-refractivity contribution in [3.8, 4) is 22.8 Å². The van der Waals surface area contributed by atoms with Gasteiger partial charge < -0.3 is 13.9 Å². The van der Waals surface area contributed by atoms with Gasteiger partial charge >= 0.3 is 0 Å². The SMILES string of the molecule is COc1cc(OC)cc(-c2cnco2)c1. The van der Waals surface area contributed by atoms with Crippen molar-refractivity contribution in [2.75, 3.05) is 14.2 Å². The smallest absolute Gasteiger partial charge is 0.181 e. The first-order valence-electron chi connectivity index (χ1n) is 4.45. The predicted octanol–water partition coefficient (Wildman–Crippen LogP) is 2.36. The lowest BCUT2D eigenvalue weighted by Gasteiger charge is -2.06.